The van der Waals surface area contributed by atoms with Gasteiger partial charge in [0.1, 0.15) is 18.3 Å². The number of aliphatic hydroxyl groups is 4. The van der Waals surface area contributed by atoms with E-state index in [0.717, 1.165) is 43.3 Å². The van der Waals surface area contributed by atoms with E-state index in [1.54, 1.807) is 0 Å². The highest BCUT2D eigenvalue weighted by atomic mass is 16.7. The molecule has 1 aliphatic heterocycles. The van der Waals surface area contributed by atoms with Gasteiger partial charge in [0.25, 0.3) is 0 Å². The van der Waals surface area contributed by atoms with E-state index in [4.69, 9.17) is 9.47 Å². The molecule has 8 heteroatoms. The van der Waals surface area contributed by atoms with E-state index in [2.05, 4.69) is 54.7 Å². The monoisotopic (exact) mass is 620 g/mol. The summed E-state index contributed by atoms with van der Waals surface area (Å²) in [4.78, 5) is 11.9. The fourth-order valence-electron chi connectivity index (χ4n) is 10.5. The molecule has 13 atom stereocenters. The minimum absolute atomic E-state index is 0.0581. The lowest BCUT2D eigenvalue weighted by molar-refractivity contribution is -0.270. The summed E-state index contributed by atoms with van der Waals surface area (Å²) in [5.41, 5.74) is 0.484. The number of carboxylic acids is 1. The Balaban J connectivity index is 1.78. The molecule has 0 amide bonds. The zero-order chi connectivity index (χ0) is 33.0. The normalized spacial score (nSPS) is 45.0. The highest BCUT2D eigenvalue weighted by Crippen LogP contribution is 2.74. The maximum absolute atomic E-state index is 12.2. The third kappa shape index (κ3) is 5.97. The van der Waals surface area contributed by atoms with Gasteiger partial charge in [-0.2, -0.15) is 0 Å². The molecule has 1 heterocycles. The number of hydrogen-bond donors (Lipinski definition) is 5. The van der Waals surface area contributed by atoms with Crippen LogP contribution >= 0.6 is 0 Å². The van der Waals surface area contributed by atoms with Crippen LogP contribution in [-0.4, -0.2) is 74.4 Å². The van der Waals surface area contributed by atoms with Gasteiger partial charge in [0.15, 0.2) is 6.29 Å². The molecule has 8 nitrogen and oxygen atoms in total. The molecule has 0 radical (unpaired) electrons. The first-order valence-electron chi connectivity index (χ1n) is 16.9. The van der Waals surface area contributed by atoms with Gasteiger partial charge in [0.2, 0.25) is 0 Å². The van der Waals surface area contributed by atoms with Gasteiger partial charge in [-0.25, -0.2) is 0 Å². The fourth-order valence-corrected chi connectivity index (χ4v) is 10.5. The molecular formula is C36H60O8. The zero-order valence-corrected chi connectivity index (χ0v) is 28.2. The van der Waals surface area contributed by atoms with E-state index >= 15 is 0 Å². The van der Waals surface area contributed by atoms with E-state index in [1.807, 2.05) is 6.92 Å². The Morgan fingerprint density at radius 2 is 1.70 bits per heavy atom. The highest BCUT2D eigenvalue weighted by molar-refractivity contribution is 5.66. The Morgan fingerprint density at radius 1 is 1.07 bits per heavy atom. The Morgan fingerprint density at radius 3 is 2.25 bits per heavy atom. The van der Waals surface area contributed by atoms with Crippen molar-refractivity contribution in [1.29, 1.82) is 0 Å². The summed E-state index contributed by atoms with van der Waals surface area (Å²) in [6.45, 7) is 23.4. The average Bonchev–Trinajstić information content (AvgIpc) is 3.45. The number of carbonyl (C=O) groups is 1. The fraction of sp³-hybridized carbons (Fsp3) is 0.861. The number of carboxylic acid groups (broad SMARTS) is 1. The van der Waals surface area contributed by atoms with Crippen LogP contribution in [0.2, 0.25) is 0 Å². The largest absolute Gasteiger partial charge is 0.481 e. The summed E-state index contributed by atoms with van der Waals surface area (Å²) < 4.78 is 12.6. The second-order valence-electron chi connectivity index (χ2n) is 16.2. The van der Waals surface area contributed by atoms with Gasteiger partial charge in [0.05, 0.1) is 18.3 Å². The van der Waals surface area contributed by atoms with E-state index in [1.165, 1.54) is 0 Å². The van der Waals surface area contributed by atoms with Gasteiger partial charge in [-0.05, 0) is 111 Å². The molecule has 4 rings (SSSR count). The summed E-state index contributed by atoms with van der Waals surface area (Å²) in [6.07, 6.45) is 1.15. The molecule has 0 unspecified atom stereocenters. The zero-order valence-electron chi connectivity index (χ0n) is 28.2. The Bertz CT molecular complexity index is 1090. The number of fused-ring (bicyclic) bond motifs is 3. The van der Waals surface area contributed by atoms with E-state index in [9.17, 15) is 30.3 Å². The summed E-state index contributed by atoms with van der Waals surface area (Å²) in [6, 6.07) is 0. The Kier molecular flexibility index (Phi) is 10.3. The van der Waals surface area contributed by atoms with Crippen LogP contribution in [-0.2, 0) is 14.3 Å². The van der Waals surface area contributed by atoms with Crippen molar-refractivity contribution in [2.75, 3.05) is 6.61 Å². The van der Waals surface area contributed by atoms with Crippen molar-refractivity contribution in [2.24, 2.45) is 45.8 Å². The van der Waals surface area contributed by atoms with Crippen LogP contribution in [0.25, 0.3) is 0 Å². The van der Waals surface area contributed by atoms with Crippen LogP contribution in [0.4, 0.5) is 0 Å². The molecule has 3 aliphatic carbocycles. The highest BCUT2D eigenvalue weighted by Gasteiger charge is 2.70. The van der Waals surface area contributed by atoms with Crippen LogP contribution in [0.5, 0.6) is 0 Å². The molecule has 0 aromatic carbocycles. The number of allylic oxidation sites excluding steroid dienone is 2. The smallest absolute Gasteiger partial charge is 0.303 e. The van der Waals surface area contributed by atoms with Crippen LogP contribution in [0.15, 0.2) is 24.3 Å². The van der Waals surface area contributed by atoms with E-state index in [-0.39, 0.29) is 46.3 Å². The van der Waals surface area contributed by atoms with E-state index in [0.29, 0.717) is 25.2 Å². The lowest BCUT2D eigenvalue weighted by Crippen LogP contribution is -2.64. The molecule has 0 spiro atoms. The minimum Gasteiger partial charge on any atom is -0.481 e. The summed E-state index contributed by atoms with van der Waals surface area (Å²) in [7, 11) is 0. The SMILES string of the molecule is C=C(CC[C@](C)(O)[C@H]1CC[C@]2(C)[C@H]1[C@H](O[C@@H]1O[C@@H](CO)[C@H](O)[C@H]1O)C[C@@H]1[C@@](C)(CCC(=O)O)[C@H](C(=C)C)CC[C@]12C)C(C)C. The topological polar surface area (TPSA) is 137 Å². The first-order chi connectivity index (χ1) is 20.3. The predicted molar refractivity (Wildman–Crippen MR) is 170 cm³/mol. The lowest BCUT2D eigenvalue weighted by atomic mass is 9.37. The predicted octanol–water partition coefficient (Wildman–Crippen LogP) is 5.47. The number of aliphatic hydroxyl groups excluding tert-OH is 3. The summed E-state index contributed by atoms with van der Waals surface area (Å²) in [5.74, 6) is -0.342. The standard InChI is InChI=1S/C36H60O8/c1-20(2)22(5)10-17-36(9,42)24-12-16-35(8)29(24)25(43-32-31(41)30(40)26(19-37)44-32)18-27-33(6,14-13-28(38)39)23(21(3)4)11-15-34(27,35)7/h20,23-27,29-32,37,40-42H,3,5,10-19H2,1-2,4,6-9H3,(H,38,39)/t23-,24-,25+,26-,27+,29+,30-,31+,32+,33-,34+,35+,36-/m0/s1. The number of aliphatic carboxylic acids is 1. The van der Waals surface area contributed by atoms with Gasteiger partial charge >= 0.3 is 5.97 Å². The molecular weight excluding hydrogens is 560 g/mol. The maximum atomic E-state index is 12.2. The molecule has 3 saturated carbocycles. The summed E-state index contributed by atoms with van der Waals surface area (Å²) in [5, 5.41) is 53.1. The van der Waals surface area contributed by atoms with Crippen molar-refractivity contribution in [3.05, 3.63) is 24.3 Å². The molecule has 4 fully saturated rings. The van der Waals surface area contributed by atoms with Gasteiger partial charge in [-0.1, -0.05) is 58.9 Å². The first kappa shape index (κ1) is 35.6. The first-order valence-corrected chi connectivity index (χ1v) is 16.9. The maximum Gasteiger partial charge on any atom is 0.303 e. The molecule has 0 aromatic heterocycles. The second-order valence-corrected chi connectivity index (χ2v) is 16.2. The third-order valence-electron chi connectivity index (χ3n) is 13.5. The molecule has 4 aliphatic rings. The van der Waals surface area contributed by atoms with Gasteiger partial charge in [0, 0.05) is 6.42 Å². The third-order valence-corrected chi connectivity index (χ3v) is 13.5. The quantitative estimate of drug-likeness (QED) is 0.181. The molecule has 0 bridgehead atoms. The summed E-state index contributed by atoms with van der Waals surface area (Å²) >= 11 is 0. The van der Waals surface area contributed by atoms with Crippen LogP contribution < -0.4 is 0 Å². The van der Waals surface area contributed by atoms with Crippen LogP contribution in [0.1, 0.15) is 106 Å². The molecule has 5 N–H and O–H groups in total. The molecule has 1 saturated heterocycles. The van der Waals surface area contributed by atoms with Gasteiger partial charge in [-0.3, -0.25) is 4.79 Å². The number of hydrogen-bond acceptors (Lipinski definition) is 7. The Hall–Kier alpha value is -1.29. The average molecular weight is 621 g/mol. The van der Waals surface area contributed by atoms with Crippen molar-refractivity contribution >= 4 is 5.97 Å². The van der Waals surface area contributed by atoms with Crippen LogP contribution in [0.3, 0.4) is 0 Å². The van der Waals surface area contributed by atoms with E-state index < -0.39 is 48.9 Å². The van der Waals surface area contributed by atoms with Crippen molar-refractivity contribution in [1.82, 2.24) is 0 Å². The van der Waals surface area contributed by atoms with Crippen molar-refractivity contribution in [3.8, 4) is 0 Å². The second kappa shape index (κ2) is 12.7. The number of rotatable bonds is 12. The number of ether oxygens (including phenoxy) is 2. The van der Waals surface area contributed by atoms with Crippen molar-refractivity contribution in [2.45, 2.75) is 143 Å². The molecule has 0 aromatic rings. The Labute approximate surface area is 264 Å². The van der Waals surface area contributed by atoms with Crippen LogP contribution in [0, 0.1) is 45.8 Å². The lowest BCUT2D eigenvalue weighted by Gasteiger charge is -2.68. The minimum atomic E-state index is -1.31. The van der Waals surface area contributed by atoms with Crippen molar-refractivity contribution < 1.29 is 39.8 Å². The van der Waals surface area contributed by atoms with Gasteiger partial charge in [-0.15, -0.1) is 0 Å². The molecule has 44 heavy (non-hydrogen) atoms. The van der Waals surface area contributed by atoms with Crippen molar-refractivity contribution in [3.63, 3.8) is 0 Å². The molecule has 252 valence electrons. The van der Waals surface area contributed by atoms with Gasteiger partial charge < -0.3 is 35.0 Å².